The molecule has 2 nitrogen and oxygen atoms in total. The third-order valence-corrected chi connectivity index (χ3v) is 1.84. The lowest BCUT2D eigenvalue weighted by Gasteiger charge is -2.17. The fraction of sp³-hybridized carbons (Fsp3) is 0.333. The fourth-order valence-corrected chi connectivity index (χ4v) is 1.19. The second kappa shape index (κ2) is 4.43. The first-order valence-corrected chi connectivity index (χ1v) is 4.11. The number of hydrogen-bond donors (Lipinski definition) is 2. The Morgan fingerprint density at radius 2 is 1.79 bits per heavy atom. The molecule has 0 fully saturated rings. The molecule has 78 valence electrons. The number of halogens is 3. The molecular formula is C9H11F3N2. The molecule has 5 heteroatoms. The maximum absolute atomic E-state index is 12.1. The van der Waals surface area contributed by atoms with Gasteiger partial charge in [-0.2, -0.15) is 13.2 Å². The Kier molecular flexibility index (Phi) is 3.49. The molecule has 0 aliphatic rings. The highest BCUT2D eigenvalue weighted by molar-refractivity contribution is 5.18. The minimum absolute atomic E-state index is 0.535. The molecule has 1 aromatic rings. The maximum Gasteiger partial charge on any atom is 0.390 e. The largest absolute Gasteiger partial charge is 0.390 e. The Balaban J connectivity index is 2.73. The molecule has 0 heterocycles. The highest BCUT2D eigenvalue weighted by Crippen LogP contribution is 2.28. The number of rotatable bonds is 3. The molecule has 0 saturated heterocycles. The maximum atomic E-state index is 12.1. The molecule has 0 aliphatic heterocycles. The molecule has 14 heavy (non-hydrogen) atoms. The van der Waals surface area contributed by atoms with Gasteiger partial charge in [-0.3, -0.25) is 11.3 Å². The molecule has 0 aromatic heterocycles. The predicted octanol–water partition coefficient (Wildman–Crippen LogP) is 2.14. The van der Waals surface area contributed by atoms with Gasteiger partial charge in [0, 0.05) is 0 Å². The minimum atomic E-state index is -4.22. The molecular weight excluding hydrogens is 193 g/mol. The van der Waals surface area contributed by atoms with Crippen molar-refractivity contribution in [3.8, 4) is 0 Å². The van der Waals surface area contributed by atoms with Gasteiger partial charge in [0.15, 0.2) is 0 Å². The van der Waals surface area contributed by atoms with Gasteiger partial charge in [0.1, 0.15) is 0 Å². The zero-order valence-corrected chi connectivity index (χ0v) is 7.38. The summed E-state index contributed by atoms with van der Waals surface area (Å²) in [5.41, 5.74) is 2.69. The summed E-state index contributed by atoms with van der Waals surface area (Å²) in [6, 6.07) is 7.43. The van der Waals surface area contributed by atoms with Gasteiger partial charge in [0.2, 0.25) is 0 Å². The van der Waals surface area contributed by atoms with Crippen molar-refractivity contribution in [2.24, 2.45) is 5.84 Å². The lowest BCUT2D eigenvalue weighted by atomic mass is 10.0. The van der Waals surface area contributed by atoms with E-state index in [1.165, 1.54) is 0 Å². The van der Waals surface area contributed by atoms with Gasteiger partial charge < -0.3 is 0 Å². The summed E-state index contributed by atoms with van der Waals surface area (Å²) in [6.45, 7) is 0. The zero-order valence-electron chi connectivity index (χ0n) is 7.38. The smallest absolute Gasteiger partial charge is 0.271 e. The van der Waals surface area contributed by atoms with Crippen molar-refractivity contribution in [3.05, 3.63) is 35.9 Å². The van der Waals surface area contributed by atoms with Crippen molar-refractivity contribution in [2.45, 2.75) is 18.6 Å². The first kappa shape index (κ1) is 11.0. The molecule has 0 aliphatic carbocycles. The van der Waals surface area contributed by atoms with Crippen LogP contribution in [0.5, 0.6) is 0 Å². The Morgan fingerprint density at radius 1 is 1.21 bits per heavy atom. The van der Waals surface area contributed by atoms with Crippen LogP contribution in [0.4, 0.5) is 13.2 Å². The van der Waals surface area contributed by atoms with Crippen molar-refractivity contribution in [1.82, 2.24) is 5.43 Å². The monoisotopic (exact) mass is 204 g/mol. The number of hydrazine groups is 1. The summed E-state index contributed by atoms with van der Waals surface area (Å²) >= 11 is 0. The average molecular weight is 204 g/mol. The van der Waals surface area contributed by atoms with Gasteiger partial charge >= 0.3 is 6.18 Å². The zero-order chi connectivity index (χ0) is 10.6. The Bertz CT molecular complexity index is 271. The SMILES string of the molecule is NNC(CC(F)(F)F)c1ccccc1. The predicted molar refractivity (Wildman–Crippen MR) is 47.2 cm³/mol. The number of nitrogens with one attached hydrogen (secondary N) is 1. The van der Waals surface area contributed by atoms with E-state index in [9.17, 15) is 13.2 Å². The first-order chi connectivity index (χ1) is 6.53. The summed E-state index contributed by atoms with van der Waals surface area (Å²) in [6.07, 6.45) is -5.18. The van der Waals surface area contributed by atoms with Crippen molar-refractivity contribution < 1.29 is 13.2 Å². The van der Waals surface area contributed by atoms with Crippen LogP contribution in [0.3, 0.4) is 0 Å². The molecule has 0 bridgehead atoms. The topological polar surface area (TPSA) is 38.0 Å². The van der Waals surface area contributed by atoms with E-state index in [0.717, 1.165) is 0 Å². The molecule has 1 rings (SSSR count). The molecule has 0 amide bonds. The van der Waals surface area contributed by atoms with Crippen molar-refractivity contribution in [2.75, 3.05) is 0 Å². The van der Waals surface area contributed by atoms with Crippen LogP contribution in [0.15, 0.2) is 30.3 Å². The summed E-state index contributed by atoms with van der Waals surface area (Å²) in [4.78, 5) is 0. The van der Waals surface area contributed by atoms with E-state index in [2.05, 4.69) is 5.43 Å². The summed E-state index contributed by atoms with van der Waals surface area (Å²) in [7, 11) is 0. The number of alkyl halides is 3. The van der Waals surface area contributed by atoms with Crippen LogP contribution in [0.1, 0.15) is 18.0 Å². The van der Waals surface area contributed by atoms with Crippen LogP contribution in [0.25, 0.3) is 0 Å². The molecule has 0 spiro atoms. The van der Waals surface area contributed by atoms with Crippen LogP contribution in [0.2, 0.25) is 0 Å². The quantitative estimate of drug-likeness (QED) is 0.584. The molecule has 0 radical (unpaired) electrons. The van der Waals surface area contributed by atoms with Gasteiger partial charge in [-0.1, -0.05) is 30.3 Å². The van der Waals surface area contributed by atoms with Crippen molar-refractivity contribution in [1.29, 1.82) is 0 Å². The van der Waals surface area contributed by atoms with E-state index in [0.29, 0.717) is 5.56 Å². The van der Waals surface area contributed by atoms with E-state index < -0.39 is 18.6 Å². The van der Waals surface area contributed by atoms with Gasteiger partial charge in [-0.25, -0.2) is 0 Å². The minimum Gasteiger partial charge on any atom is -0.271 e. The fourth-order valence-electron chi connectivity index (χ4n) is 1.19. The standard InChI is InChI=1S/C9H11F3N2/c10-9(11,12)6-8(14-13)7-4-2-1-3-5-7/h1-5,8,14H,6,13H2. The second-order valence-corrected chi connectivity index (χ2v) is 2.95. The van der Waals surface area contributed by atoms with Gasteiger partial charge in [-0.05, 0) is 5.56 Å². The lowest BCUT2D eigenvalue weighted by Crippen LogP contribution is -2.31. The van der Waals surface area contributed by atoms with Crippen LogP contribution in [-0.4, -0.2) is 6.18 Å². The van der Waals surface area contributed by atoms with Gasteiger partial charge in [0.25, 0.3) is 0 Å². The first-order valence-electron chi connectivity index (χ1n) is 4.11. The molecule has 1 unspecified atom stereocenters. The van der Waals surface area contributed by atoms with Crippen LogP contribution >= 0.6 is 0 Å². The van der Waals surface area contributed by atoms with Gasteiger partial charge in [0.05, 0.1) is 12.5 Å². The highest BCUT2D eigenvalue weighted by atomic mass is 19.4. The van der Waals surface area contributed by atoms with E-state index in [4.69, 9.17) is 5.84 Å². The third-order valence-electron chi connectivity index (χ3n) is 1.84. The van der Waals surface area contributed by atoms with Crippen LogP contribution in [-0.2, 0) is 0 Å². The molecule has 1 aromatic carbocycles. The third kappa shape index (κ3) is 3.35. The summed E-state index contributed by atoms with van der Waals surface area (Å²) in [5, 5.41) is 0. The van der Waals surface area contributed by atoms with Gasteiger partial charge in [-0.15, -0.1) is 0 Å². The van der Waals surface area contributed by atoms with Crippen LogP contribution < -0.4 is 11.3 Å². The number of benzene rings is 1. The van der Waals surface area contributed by atoms with Crippen molar-refractivity contribution >= 4 is 0 Å². The van der Waals surface area contributed by atoms with Crippen LogP contribution in [0, 0.1) is 0 Å². The van der Waals surface area contributed by atoms with Crippen molar-refractivity contribution in [3.63, 3.8) is 0 Å². The summed E-state index contributed by atoms with van der Waals surface area (Å²) in [5.74, 6) is 5.06. The van der Waals surface area contributed by atoms with E-state index in [-0.39, 0.29) is 0 Å². The number of nitrogens with two attached hydrogens (primary N) is 1. The lowest BCUT2D eigenvalue weighted by molar-refractivity contribution is -0.140. The van der Waals surface area contributed by atoms with E-state index in [1.807, 2.05) is 0 Å². The normalized spacial score (nSPS) is 14.0. The Labute approximate surface area is 79.9 Å². The van der Waals surface area contributed by atoms with E-state index >= 15 is 0 Å². The van der Waals surface area contributed by atoms with E-state index in [1.54, 1.807) is 30.3 Å². The Hall–Kier alpha value is -1.07. The second-order valence-electron chi connectivity index (χ2n) is 2.95. The molecule has 0 saturated carbocycles. The highest BCUT2D eigenvalue weighted by Gasteiger charge is 2.31. The molecule has 1 atom stereocenters. The average Bonchev–Trinajstić information content (AvgIpc) is 2.14. The summed E-state index contributed by atoms with van der Waals surface area (Å²) < 4.78 is 36.2. The molecule has 3 N–H and O–H groups in total. The number of hydrogen-bond acceptors (Lipinski definition) is 2. The Morgan fingerprint density at radius 3 is 2.21 bits per heavy atom.